The van der Waals surface area contributed by atoms with Gasteiger partial charge in [0, 0.05) is 20.1 Å². The van der Waals surface area contributed by atoms with Gasteiger partial charge in [-0.1, -0.05) is 43.3 Å². The van der Waals surface area contributed by atoms with Crippen molar-refractivity contribution in [2.45, 2.75) is 51.7 Å². The summed E-state index contributed by atoms with van der Waals surface area (Å²) >= 11 is 0. The number of aliphatic carboxylic acids is 1. The number of amides is 1. The van der Waals surface area contributed by atoms with Crippen LogP contribution < -0.4 is 10.1 Å². The van der Waals surface area contributed by atoms with Crippen LogP contribution in [0.1, 0.15) is 37.5 Å². The lowest BCUT2D eigenvalue weighted by molar-refractivity contribution is -0.148. The Morgan fingerprint density at radius 3 is 2.33 bits per heavy atom. The molecule has 2 aromatic rings. The second-order valence-electron chi connectivity index (χ2n) is 7.70. The molecular weight excluding hydrogens is 382 g/mol. The van der Waals surface area contributed by atoms with Crippen LogP contribution in [0, 0.1) is 0 Å². The SMILES string of the molecule is CCc1ccc(CCNC(=O)C(C)(C)Oc2cccc(C[C@H](OC)C(=O)O)c2)cc1. The third kappa shape index (κ3) is 6.88. The number of aryl methyl sites for hydroxylation is 1. The van der Waals surface area contributed by atoms with Gasteiger partial charge < -0.3 is 19.9 Å². The van der Waals surface area contributed by atoms with Crippen LogP contribution >= 0.6 is 0 Å². The number of hydrogen-bond acceptors (Lipinski definition) is 4. The molecule has 30 heavy (non-hydrogen) atoms. The molecule has 0 saturated heterocycles. The molecule has 0 unspecified atom stereocenters. The van der Waals surface area contributed by atoms with E-state index < -0.39 is 17.7 Å². The molecule has 0 heterocycles. The van der Waals surface area contributed by atoms with E-state index in [9.17, 15) is 9.59 Å². The van der Waals surface area contributed by atoms with E-state index in [0.717, 1.165) is 18.4 Å². The monoisotopic (exact) mass is 413 g/mol. The molecule has 6 heteroatoms. The molecule has 0 saturated carbocycles. The van der Waals surface area contributed by atoms with Crippen LogP contribution in [0.5, 0.6) is 5.75 Å². The Morgan fingerprint density at radius 1 is 1.07 bits per heavy atom. The highest BCUT2D eigenvalue weighted by atomic mass is 16.5. The quantitative estimate of drug-likeness (QED) is 0.590. The van der Waals surface area contributed by atoms with Crippen molar-refractivity contribution in [3.63, 3.8) is 0 Å². The molecule has 0 aliphatic carbocycles. The lowest BCUT2D eigenvalue weighted by atomic mass is 10.1. The molecule has 1 amide bonds. The Morgan fingerprint density at radius 2 is 1.73 bits per heavy atom. The summed E-state index contributed by atoms with van der Waals surface area (Å²) in [5, 5.41) is 12.1. The number of carbonyl (C=O) groups is 2. The second kappa shape index (κ2) is 10.8. The van der Waals surface area contributed by atoms with Gasteiger partial charge in [-0.15, -0.1) is 0 Å². The maximum absolute atomic E-state index is 12.6. The van der Waals surface area contributed by atoms with Crippen molar-refractivity contribution in [1.82, 2.24) is 5.32 Å². The van der Waals surface area contributed by atoms with Gasteiger partial charge in [0.2, 0.25) is 0 Å². The Bertz CT molecular complexity index is 845. The third-order valence-electron chi connectivity index (χ3n) is 4.93. The molecule has 0 fully saturated rings. The largest absolute Gasteiger partial charge is 0.479 e. The lowest BCUT2D eigenvalue weighted by Crippen LogP contribution is -2.47. The van der Waals surface area contributed by atoms with E-state index in [1.807, 2.05) is 0 Å². The van der Waals surface area contributed by atoms with E-state index in [1.165, 1.54) is 18.2 Å². The first-order chi connectivity index (χ1) is 14.2. The first kappa shape index (κ1) is 23.4. The zero-order valence-electron chi connectivity index (χ0n) is 18.1. The van der Waals surface area contributed by atoms with Gasteiger partial charge in [-0.2, -0.15) is 0 Å². The van der Waals surface area contributed by atoms with Crippen molar-refractivity contribution in [1.29, 1.82) is 0 Å². The average Bonchev–Trinajstić information content (AvgIpc) is 2.72. The van der Waals surface area contributed by atoms with E-state index in [4.69, 9.17) is 14.6 Å². The van der Waals surface area contributed by atoms with Crippen LogP contribution in [-0.4, -0.2) is 42.3 Å². The van der Waals surface area contributed by atoms with Crippen molar-refractivity contribution >= 4 is 11.9 Å². The molecule has 6 nitrogen and oxygen atoms in total. The van der Waals surface area contributed by atoms with Gasteiger partial charge in [0.05, 0.1) is 0 Å². The normalized spacial score (nSPS) is 12.3. The summed E-state index contributed by atoms with van der Waals surface area (Å²) < 4.78 is 10.9. The van der Waals surface area contributed by atoms with Gasteiger partial charge in [0.15, 0.2) is 11.7 Å². The maximum atomic E-state index is 12.6. The van der Waals surface area contributed by atoms with Crippen LogP contribution in [0.25, 0.3) is 0 Å². The van der Waals surface area contributed by atoms with Gasteiger partial charge in [0.1, 0.15) is 5.75 Å². The highest BCUT2D eigenvalue weighted by Gasteiger charge is 2.29. The van der Waals surface area contributed by atoms with Crippen molar-refractivity contribution in [2.24, 2.45) is 0 Å². The highest BCUT2D eigenvalue weighted by molar-refractivity contribution is 5.84. The lowest BCUT2D eigenvalue weighted by Gasteiger charge is -2.25. The molecule has 1 atom stereocenters. The molecule has 0 radical (unpaired) electrons. The van der Waals surface area contributed by atoms with Crippen LogP contribution in [0.4, 0.5) is 0 Å². The first-order valence-electron chi connectivity index (χ1n) is 10.1. The van der Waals surface area contributed by atoms with Gasteiger partial charge in [-0.05, 0) is 55.5 Å². The third-order valence-corrected chi connectivity index (χ3v) is 4.93. The summed E-state index contributed by atoms with van der Waals surface area (Å²) in [6.45, 7) is 6.06. The first-order valence-corrected chi connectivity index (χ1v) is 10.1. The molecular formula is C24H31NO5. The van der Waals surface area contributed by atoms with E-state index in [0.29, 0.717) is 12.3 Å². The molecule has 2 aromatic carbocycles. The van der Waals surface area contributed by atoms with Gasteiger partial charge in [-0.3, -0.25) is 4.79 Å². The minimum Gasteiger partial charge on any atom is -0.479 e. The number of carboxylic acids is 1. The predicted molar refractivity (Wildman–Crippen MR) is 116 cm³/mol. The number of carboxylic acid groups (broad SMARTS) is 1. The van der Waals surface area contributed by atoms with Crippen molar-refractivity contribution in [2.75, 3.05) is 13.7 Å². The molecule has 162 valence electrons. The van der Waals surface area contributed by atoms with Crippen molar-refractivity contribution < 1.29 is 24.2 Å². The summed E-state index contributed by atoms with van der Waals surface area (Å²) in [4.78, 5) is 23.8. The van der Waals surface area contributed by atoms with Crippen molar-refractivity contribution in [3.8, 4) is 5.75 Å². The fourth-order valence-corrected chi connectivity index (χ4v) is 3.04. The molecule has 0 spiro atoms. The second-order valence-corrected chi connectivity index (χ2v) is 7.70. The summed E-state index contributed by atoms with van der Waals surface area (Å²) in [6.07, 6.45) is 1.04. The minimum absolute atomic E-state index is 0.210. The molecule has 0 aliphatic heterocycles. The zero-order chi connectivity index (χ0) is 22.1. The Hall–Kier alpha value is -2.86. The molecule has 2 rings (SSSR count). The smallest absolute Gasteiger partial charge is 0.333 e. The minimum atomic E-state index is -1.07. The zero-order valence-corrected chi connectivity index (χ0v) is 18.1. The number of carbonyl (C=O) groups excluding carboxylic acids is 1. The highest BCUT2D eigenvalue weighted by Crippen LogP contribution is 2.21. The fraction of sp³-hybridized carbons (Fsp3) is 0.417. The van der Waals surface area contributed by atoms with E-state index in [1.54, 1.807) is 38.1 Å². The van der Waals surface area contributed by atoms with Crippen LogP contribution in [0.3, 0.4) is 0 Å². The van der Waals surface area contributed by atoms with Gasteiger partial charge in [0.25, 0.3) is 5.91 Å². The van der Waals surface area contributed by atoms with Crippen molar-refractivity contribution in [3.05, 3.63) is 65.2 Å². The number of ether oxygens (including phenoxy) is 2. The topological polar surface area (TPSA) is 84.9 Å². The maximum Gasteiger partial charge on any atom is 0.333 e. The van der Waals surface area contributed by atoms with Crippen LogP contribution in [0.15, 0.2) is 48.5 Å². The Kier molecular flexibility index (Phi) is 8.42. The van der Waals surface area contributed by atoms with Gasteiger partial charge >= 0.3 is 5.97 Å². The summed E-state index contributed by atoms with van der Waals surface area (Å²) in [6, 6.07) is 15.4. The molecule has 0 aliphatic rings. The van der Waals surface area contributed by atoms with E-state index in [-0.39, 0.29) is 12.3 Å². The summed E-state index contributed by atoms with van der Waals surface area (Å²) in [5.74, 6) is -0.728. The predicted octanol–water partition coefficient (Wildman–Crippen LogP) is 3.41. The number of nitrogens with one attached hydrogen (secondary N) is 1. The number of rotatable bonds is 11. The Balaban J connectivity index is 1.92. The van der Waals surface area contributed by atoms with E-state index >= 15 is 0 Å². The van der Waals surface area contributed by atoms with E-state index in [2.05, 4.69) is 36.5 Å². The fourth-order valence-electron chi connectivity index (χ4n) is 3.04. The molecule has 0 aromatic heterocycles. The molecule has 0 bridgehead atoms. The summed E-state index contributed by atoms with van der Waals surface area (Å²) in [7, 11) is 1.37. The number of methoxy groups -OCH3 is 1. The summed E-state index contributed by atoms with van der Waals surface area (Å²) in [5.41, 5.74) is 2.15. The standard InChI is InChI=1S/C24H31NO5/c1-5-17-9-11-18(12-10-17)13-14-25-23(28)24(2,3)30-20-8-6-7-19(15-20)16-21(29-4)22(26)27/h6-12,15,21H,5,13-14,16H2,1-4H3,(H,25,28)(H,26,27)/t21-/m0/s1. The molecule has 2 N–H and O–H groups in total. The Labute approximate surface area is 178 Å². The van der Waals surface area contributed by atoms with Gasteiger partial charge in [-0.25, -0.2) is 4.79 Å². The van der Waals surface area contributed by atoms with Crippen LogP contribution in [-0.2, 0) is 33.6 Å². The number of benzene rings is 2. The average molecular weight is 414 g/mol. The number of hydrogen-bond donors (Lipinski definition) is 2. The van der Waals surface area contributed by atoms with Crippen LogP contribution in [0.2, 0.25) is 0 Å².